The highest BCUT2D eigenvalue weighted by molar-refractivity contribution is 5.51. The number of rotatable bonds is 4. The maximum absolute atomic E-state index is 12.6. The fourth-order valence-corrected chi connectivity index (χ4v) is 1.64. The smallest absolute Gasteiger partial charge is 0.416 e. The Balaban J connectivity index is 2.32. The minimum atomic E-state index is -4.53. The second kappa shape index (κ2) is 5.88. The summed E-state index contributed by atoms with van der Waals surface area (Å²) < 4.78 is 47.7. The first-order valence-electron chi connectivity index (χ1n) is 5.85. The first kappa shape index (κ1) is 15.5. The summed E-state index contributed by atoms with van der Waals surface area (Å²) in [5.41, 5.74) is -1.30. The minimum absolute atomic E-state index is 0.00866. The van der Waals surface area contributed by atoms with E-state index in [0.29, 0.717) is 6.07 Å². The highest BCUT2D eigenvalue weighted by Crippen LogP contribution is 2.34. The molecule has 0 N–H and O–H groups in total. The van der Waals surface area contributed by atoms with Gasteiger partial charge in [-0.05, 0) is 18.2 Å². The fourth-order valence-electron chi connectivity index (χ4n) is 1.64. The van der Waals surface area contributed by atoms with Crippen molar-refractivity contribution < 1.29 is 27.6 Å². The number of benzene rings is 1. The Morgan fingerprint density at radius 3 is 2.55 bits per heavy atom. The van der Waals surface area contributed by atoms with E-state index in [9.17, 15) is 23.3 Å². The van der Waals surface area contributed by atoms with E-state index < -0.39 is 16.7 Å². The van der Waals surface area contributed by atoms with Crippen molar-refractivity contribution in [1.29, 1.82) is 0 Å². The lowest BCUT2D eigenvalue weighted by Crippen LogP contribution is -2.05. The Kier molecular flexibility index (Phi) is 4.15. The van der Waals surface area contributed by atoms with Gasteiger partial charge in [0.2, 0.25) is 5.88 Å². The van der Waals surface area contributed by atoms with Crippen molar-refractivity contribution in [2.75, 3.05) is 7.11 Å². The van der Waals surface area contributed by atoms with Crippen molar-refractivity contribution in [1.82, 2.24) is 4.98 Å². The first-order valence-corrected chi connectivity index (χ1v) is 5.85. The molecule has 1 aromatic carbocycles. The number of ether oxygens (including phenoxy) is 2. The lowest BCUT2D eigenvalue weighted by Gasteiger charge is -2.09. The van der Waals surface area contributed by atoms with Crippen LogP contribution in [0.25, 0.3) is 0 Å². The Bertz CT molecular complexity index is 704. The zero-order valence-electron chi connectivity index (χ0n) is 11.1. The predicted octanol–water partition coefficient (Wildman–Crippen LogP) is 3.81. The zero-order chi connectivity index (χ0) is 16.3. The van der Waals surface area contributed by atoms with Gasteiger partial charge in [0.05, 0.1) is 23.7 Å². The topological polar surface area (TPSA) is 74.5 Å². The number of nitro groups is 1. The van der Waals surface area contributed by atoms with Gasteiger partial charge in [-0.15, -0.1) is 0 Å². The van der Waals surface area contributed by atoms with E-state index in [1.54, 1.807) is 0 Å². The second-order valence-corrected chi connectivity index (χ2v) is 4.07. The van der Waals surface area contributed by atoms with E-state index in [4.69, 9.17) is 9.47 Å². The Hall–Kier alpha value is -2.84. The molecule has 0 aliphatic heterocycles. The van der Waals surface area contributed by atoms with E-state index >= 15 is 0 Å². The molecule has 0 radical (unpaired) electrons. The molecule has 0 saturated carbocycles. The van der Waals surface area contributed by atoms with Gasteiger partial charge in [0.25, 0.3) is 0 Å². The molecule has 0 bridgehead atoms. The molecule has 2 rings (SSSR count). The largest absolute Gasteiger partial charge is 0.490 e. The number of hydrogen-bond acceptors (Lipinski definition) is 5. The number of methoxy groups -OCH3 is 1. The third-order valence-corrected chi connectivity index (χ3v) is 2.63. The quantitative estimate of drug-likeness (QED) is 0.633. The number of hydrogen-bond donors (Lipinski definition) is 0. The van der Waals surface area contributed by atoms with Crippen molar-refractivity contribution >= 4 is 5.69 Å². The van der Waals surface area contributed by atoms with Gasteiger partial charge in [-0.1, -0.05) is 0 Å². The lowest BCUT2D eigenvalue weighted by atomic mass is 10.2. The van der Waals surface area contributed by atoms with Crippen LogP contribution in [0.4, 0.5) is 18.9 Å². The average Bonchev–Trinajstić information content (AvgIpc) is 2.46. The maximum Gasteiger partial charge on any atom is 0.416 e. The number of pyridine rings is 1. The Labute approximate surface area is 122 Å². The van der Waals surface area contributed by atoms with Crippen LogP contribution in [0, 0.1) is 10.1 Å². The molecule has 6 nitrogen and oxygen atoms in total. The lowest BCUT2D eigenvalue weighted by molar-refractivity contribution is -0.385. The summed E-state index contributed by atoms with van der Waals surface area (Å²) in [6.07, 6.45) is -3.59. The van der Waals surface area contributed by atoms with Crippen LogP contribution in [0.2, 0.25) is 0 Å². The monoisotopic (exact) mass is 314 g/mol. The first-order chi connectivity index (χ1) is 10.3. The fraction of sp³-hybridized carbons (Fsp3) is 0.154. The molecule has 0 spiro atoms. The molecule has 0 fully saturated rings. The molecule has 9 heteroatoms. The van der Waals surface area contributed by atoms with Gasteiger partial charge in [0.15, 0.2) is 5.75 Å². The molecule has 116 valence electrons. The molecule has 22 heavy (non-hydrogen) atoms. The van der Waals surface area contributed by atoms with Gasteiger partial charge < -0.3 is 9.47 Å². The van der Waals surface area contributed by atoms with Crippen molar-refractivity contribution in [3.05, 3.63) is 52.2 Å². The van der Waals surface area contributed by atoms with Crippen molar-refractivity contribution in [2.24, 2.45) is 0 Å². The van der Waals surface area contributed by atoms with Crippen LogP contribution in [-0.2, 0) is 6.18 Å². The summed E-state index contributed by atoms with van der Waals surface area (Å²) in [5, 5.41) is 10.9. The van der Waals surface area contributed by atoms with Crippen LogP contribution in [0.15, 0.2) is 36.5 Å². The van der Waals surface area contributed by atoms with Crippen LogP contribution >= 0.6 is 0 Å². The molecule has 2 aromatic rings. The van der Waals surface area contributed by atoms with E-state index in [0.717, 1.165) is 18.3 Å². The number of aromatic nitrogens is 1. The Morgan fingerprint density at radius 2 is 1.95 bits per heavy atom. The van der Waals surface area contributed by atoms with E-state index in [1.807, 2.05) is 0 Å². The van der Waals surface area contributed by atoms with Crippen molar-refractivity contribution in [3.63, 3.8) is 0 Å². The van der Waals surface area contributed by atoms with E-state index in [-0.39, 0.29) is 23.1 Å². The van der Waals surface area contributed by atoms with Crippen molar-refractivity contribution in [3.8, 4) is 17.4 Å². The van der Waals surface area contributed by atoms with Gasteiger partial charge in [0, 0.05) is 12.3 Å². The third kappa shape index (κ3) is 3.43. The summed E-state index contributed by atoms with van der Waals surface area (Å²) in [6.45, 7) is 0. The van der Waals surface area contributed by atoms with Gasteiger partial charge >= 0.3 is 11.9 Å². The molecule has 1 heterocycles. The zero-order valence-corrected chi connectivity index (χ0v) is 11.1. The van der Waals surface area contributed by atoms with Gasteiger partial charge in [-0.25, -0.2) is 4.98 Å². The van der Waals surface area contributed by atoms with Crippen LogP contribution in [-0.4, -0.2) is 17.0 Å². The summed E-state index contributed by atoms with van der Waals surface area (Å²) >= 11 is 0. The molecule has 0 aliphatic rings. The predicted molar refractivity (Wildman–Crippen MR) is 69.0 cm³/mol. The number of nitrogens with zero attached hydrogens (tertiary/aromatic N) is 2. The minimum Gasteiger partial charge on any atom is -0.490 e. The van der Waals surface area contributed by atoms with Gasteiger partial charge in [-0.2, -0.15) is 13.2 Å². The average molecular weight is 314 g/mol. The highest BCUT2D eigenvalue weighted by atomic mass is 19.4. The maximum atomic E-state index is 12.6. The van der Waals surface area contributed by atoms with Crippen LogP contribution in [0.5, 0.6) is 17.4 Å². The second-order valence-electron chi connectivity index (χ2n) is 4.07. The molecule has 0 atom stereocenters. The van der Waals surface area contributed by atoms with Gasteiger partial charge in [-0.3, -0.25) is 10.1 Å². The molecular weight excluding hydrogens is 305 g/mol. The Morgan fingerprint density at radius 1 is 1.23 bits per heavy atom. The normalized spacial score (nSPS) is 11.1. The summed E-state index contributed by atoms with van der Waals surface area (Å²) in [7, 11) is 1.26. The summed E-state index contributed by atoms with van der Waals surface area (Å²) in [5.74, 6) is -0.344. The van der Waals surface area contributed by atoms with E-state index in [2.05, 4.69) is 4.98 Å². The van der Waals surface area contributed by atoms with Crippen LogP contribution < -0.4 is 9.47 Å². The van der Waals surface area contributed by atoms with Crippen LogP contribution in [0.3, 0.4) is 0 Å². The molecular formula is C13H9F3N2O4. The molecule has 0 saturated heterocycles. The molecule has 0 aliphatic carbocycles. The van der Waals surface area contributed by atoms with E-state index in [1.165, 1.54) is 19.2 Å². The number of nitro benzene ring substituents is 1. The SMILES string of the molecule is COc1ccc(Oc2cc(C(F)(F)F)ccn2)cc1[N+](=O)[O-]. The molecule has 0 amide bonds. The standard InChI is InChI=1S/C13H9F3N2O4/c1-21-11-3-2-9(7-10(11)18(19)20)22-12-6-8(4-5-17-12)13(14,15)16/h2-7H,1H3. The van der Waals surface area contributed by atoms with Crippen molar-refractivity contribution in [2.45, 2.75) is 6.18 Å². The third-order valence-electron chi connectivity index (χ3n) is 2.63. The summed E-state index contributed by atoms with van der Waals surface area (Å²) in [4.78, 5) is 13.8. The van der Waals surface area contributed by atoms with Gasteiger partial charge in [0.1, 0.15) is 5.75 Å². The number of alkyl halides is 3. The van der Waals surface area contributed by atoms with Crippen LogP contribution in [0.1, 0.15) is 5.56 Å². The number of halogens is 3. The highest BCUT2D eigenvalue weighted by Gasteiger charge is 2.31. The molecule has 0 unspecified atom stereocenters. The summed E-state index contributed by atoms with van der Waals surface area (Å²) in [6, 6.07) is 5.15. The molecule has 1 aromatic heterocycles.